The molecule has 1 aliphatic heterocycles. The van der Waals surface area contributed by atoms with Gasteiger partial charge in [0.05, 0.1) is 6.10 Å². The maximum atomic E-state index is 5.55. The Morgan fingerprint density at radius 1 is 1.44 bits per heavy atom. The van der Waals surface area contributed by atoms with E-state index in [1.54, 1.807) is 0 Å². The van der Waals surface area contributed by atoms with Gasteiger partial charge in [0.15, 0.2) is 0 Å². The van der Waals surface area contributed by atoms with Gasteiger partial charge < -0.3 is 10.1 Å². The molecule has 3 heteroatoms. The first-order valence-corrected chi connectivity index (χ1v) is 7.01. The van der Waals surface area contributed by atoms with Crippen molar-refractivity contribution < 1.29 is 4.74 Å². The molecule has 1 aliphatic rings. The number of hydrogen-bond acceptors (Lipinski definition) is 3. The highest BCUT2D eigenvalue weighted by Gasteiger charge is 2.23. The molecule has 1 aromatic heterocycles. The SMILES string of the molecule is CCc1ccc(CNCC2CCOC2C)s1. The summed E-state index contributed by atoms with van der Waals surface area (Å²) in [5.74, 6) is 0.700. The molecular formula is C13H21NOS. The lowest BCUT2D eigenvalue weighted by Gasteiger charge is -2.14. The van der Waals surface area contributed by atoms with E-state index in [1.807, 2.05) is 11.3 Å². The minimum absolute atomic E-state index is 0.432. The van der Waals surface area contributed by atoms with E-state index in [9.17, 15) is 0 Å². The number of ether oxygens (including phenoxy) is 1. The normalized spacial score (nSPS) is 25.1. The Morgan fingerprint density at radius 2 is 2.25 bits per heavy atom. The number of hydrogen-bond donors (Lipinski definition) is 1. The zero-order valence-corrected chi connectivity index (χ0v) is 11.0. The van der Waals surface area contributed by atoms with Crippen molar-refractivity contribution in [3.05, 3.63) is 21.9 Å². The lowest BCUT2D eigenvalue weighted by atomic mass is 10.0. The van der Waals surface area contributed by atoms with Crippen molar-refractivity contribution >= 4 is 11.3 Å². The van der Waals surface area contributed by atoms with Crippen LogP contribution in [0.25, 0.3) is 0 Å². The molecule has 1 aromatic rings. The average molecular weight is 239 g/mol. The summed E-state index contributed by atoms with van der Waals surface area (Å²) < 4.78 is 5.55. The first-order chi connectivity index (χ1) is 7.79. The molecule has 0 radical (unpaired) electrons. The maximum absolute atomic E-state index is 5.55. The summed E-state index contributed by atoms with van der Waals surface area (Å²) in [6.07, 6.45) is 2.79. The van der Waals surface area contributed by atoms with Gasteiger partial charge in [-0.2, -0.15) is 0 Å². The Kier molecular flexibility index (Phi) is 4.38. The highest BCUT2D eigenvalue weighted by atomic mass is 32.1. The van der Waals surface area contributed by atoms with Gasteiger partial charge >= 0.3 is 0 Å². The van der Waals surface area contributed by atoms with Crippen LogP contribution in [0.2, 0.25) is 0 Å². The van der Waals surface area contributed by atoms with Crippen molar-refractivity contribution in [1.82, 2.24) is 5.32 Å². The number of nitrogens with one attached hydrogen (secondary N) is 1. The fraction of sp³-hybridized carbons (Fsp3) is 0.692. The average Bonchev–Trinajstić information content (AvgIpc) is 2.89. The van der Waals surface area contributed by atoms with Crippen LogP contribution < -0.4 is 5.32 Å². The Hall–Kier alpha value is -0.380. The van der Waals surface area contributed by atoms with E-state index >= 15 is 0 Å². The first-order valence-electron chi connectivity index (χ1n) is 6.19. The molecule has 0 aromatic carbocycles. The second-order valence-electron chi connectivity index (χ2n) is 4.48. The molecule has 2 heterocycles. The molecule has 90 valence electrons. The highest BCUT2D eigenvalue weighted by Crippen LogP contribution is 2.20. The van der Waals surface area contributed by atoms with Crippen LogP contribution in [0.15, 0.2) is 12.1 Å². The predicted molar refractivity (Wildman–Crippen MR) is 68.9 cm³/mol. The van der Waals surface area contributed by atoms with E-state index in [1.165, 1.54) is 16.2 Å². The molecule has 2 rings (SSSR count). The van der Waals surface area contributed by atoms with Gasteiger partial charge in [0.25, 0.3) is 0 Å². The zero-order chi connectivity index (χ0) is 11.4. The second kappa shape index (κ2) is 5.80. The van der Waals surface area contributed by atoms with Crippen LogP contribution in [0, 0.1) is 5.92 Å². The molecule has 2 unspecified atom stereocenters. The van der Waals surface area contributed by atoms with E-state index < -0.39 is 0 Å². The van der Waals surface area contributed by atoms with E-state index in [0.29, 0.717) is 12.0 Å². The number of aryl methyl sites for hydroxylation is 1. The number of rotatable bonds is 5. The molecule has 1 N–H and O–H groups in total. The van der Waals surface area contributed by atoms with Crippen LogP contribution in [0.1, 0.15) is 30.0 Å². The highest BCUT2D eigenvalue weighted by molar-refractivity contribution is 7.11. The minimum atomic E-state index is 0.432. The van der Waals surface area contributed by atoms with Crippen molar-refractivity contribution in [1.29, 1.82) is 0 Å². The Labute approximate surface area is 102 Å². The third-order valence-corrected chi connectivity index (χ3v) is 4.53. The third-order valence-electron chi connectivity index (χ3n) is 3.30. The molecule has 0 aliphatic carbocycles. The summed E-state index contributed by atoms with van der Waals surface area (Å²) in [4.78, 5) is 2.93. The summed E-state index contributed by atoms with van der Waals surface area (Å²) in [5.41, 5.74) is 0. The monoisotopic (exact) mass is 239 g/mol. The summed E-state index contributed by atoms with van der Waals surface area (Å²) in [7, 11) is 0. The van der Waals surface area contributed by atoms with Gasteiger partial charge in [0, 0.05) is 29.5 Å². The molecule has 16 heavy (non-hydrogen) atoms. The molecule has 0 saturated carbocycles. The summed E-state index contributed by atoms with van der Waals surface area (Å²) in [5, 5.41) is 3.54. The van der Waals surface area contributed by atoms with Gasteiger partial charge in [0.2, 0.25) is 0 Å². The van der Waals surface area contributed by atoms with Crippen molar-refractivity contribution in [3.8, 4) is 0 Å². The molecule has 1 fully saturated rings. The molecule has 2 atom stereocenters. The van der Waals surface area contributed by atoms with E-state index in [4.69, 9.17) is 4.74 Å². The summed E-state index contributed by atoms with van der Waals surface area (Å²) in [6, 6.07) is 4.48. The third kappa shape index (κ3) is 3.06. The molecule has 0 amide bonds. The van der Waals surface area contributed by atoms with Crippen molar-refractivity contribution in [2.45, 2.75) is 39.3 Å². The molecule has 0 bridgehead atoms. The number of thiophene rings is 1. The fourth-order valence-electron chi connectivity index (χ4n) is 2.13. The maximum Gasteiger partial charge on any atom is 0.0588 e. The van der Waals surface area contributed by atoms with Gasteiger partial charge in [-0.05, 0) is 37.8 Å². The molecule has 2 nitrogen and oxygen atoms in total. The van der Waals surface area contributed by atoms with Gasteiger partial charge in [-0.15, -0.1) is 11.3 Å². The van der Waals surface area contributed by atoms with Crippen molar-refractivity contribution in [2.75, 3.05) is 13.2 Å². The van der Waals surface area contributed by atoms with Gasteiger partial charge in [-0.1, -0.05) is 6.92 Å². The van der Waals surface area contributed by atoms with Gasteiger partial charge in [-0.25, -0.2) is 0 Å². The van der Waals surface area contributed by atoms with Gasteiger partial charge in [0.1, 0.15) is 0 Å². The lowest BCUT2D eigenvalue weighted by molar-refractivity contribution is 0.105. The topological polar surface area (TPSA) is 21.3 Å². The van der Waals surface area contributed by atoms with Crippen LogP contribution in [0.4, 0.5) is 0 Å². The largest absolute Gasteiger partial charge is 0.378 e. The second-order valence-corrected chi connectivity index (χ2v) is 5.73. The van der Waals surface area contributed by atoms with E-state index in [2.05, 4.69) is 31.3 Å². The quantitative estimate of drug-likeness (QED) is 0.853. The van der Waals surface area contributed by atoms with Crippen LogP contribution >= 0.6 is 11.3 Å². The molecule has 0 spiro atoms. The Bertz CT molecular complexity index is 323. The van der Waals surface area contributed by atoms with Crippen LogP contribution in [0.3, 0.4) is 0 Å². The minimum Gasteiger partial charge on any atom is -0.378 e. The standard InChI is InChI=1S/C13H21NOS/c1-3-12-4-5-13(16-12)9-14-8-11-6-7-15-10(11)2/h4-5,10-11,14H,3,6-9H2,1-2H3. The fourth-order valence-corrected chi connectivity index (χ4v) is 3.06. The lowest BCUT2D eigenvalue weighted by Crippen LogP contribution is -2.26. The first kappa shape index (κ1) is 12.1. The molecule has 1 saturated heterocycles. The summed E-state index contributed by atoms with van der Waals surface area (Å²) in [6.45, 7) is 7.42. The predicted octanol–water partition coefficient (Wildman–Crippen LogP) is 2.83. The zero-order valence-electron chi connectivity index (χ0n) is 10.2. The van der Waals surface area contributed by atoms with Crippen molar-refractivity contribution in [2.24, 2.45) is 5.92 Å². The van der Waals surface area contributed by atoms with E-state index in [-0.39, 0.29) is 0 Å². The Morgan fingerprint density at radius 3 is 2.88 bits per heavy atom. The summed E-state index contributed by atoms with van der Waals surface area (Å²) >= 11 is 1.92. The van der Waals surface area contributed by atoms with Crippen LogP contribution in [-0.4, -0.2) is 19.3 Å². The van der Waals surface area contributed by atoms with E-state index in [0.717, 1.165) is 26.1 Å². The van der Waals surface area contributed by atoms with Crippen LogP contribution in [0.5, 0.6) is 0 Å². The Balaban J connectivity index is 1.71. The molecular weight excluding hydrogens is 218 g/mol. The van der Waals surface area contributed by atoms with Crippen LogP contribution in [-0.2, 0) is 17.7 Å². The van der Waals surface area contributed by atoms with Gasteiger partial charge in [-0.3, -0.25) is 0 Å². The van der Waals surface area contributed by atoms with Crippen molar-refractivity contribution in [3.63, 3.8) is 0 Å². The smallest absolute Gasteiger partial charge is 0.0588 e.